The van der Waals surface area contributed by atoms with Gasteiger partial charge in [0.2, 0.25) is 0 Å². The molecule has 1 N–H and O–H groups in total. The van der Waals surface area contributed by atoms with Crippen LogP contribution >= 0.6 is 0 Å². The van der Waals surface area contributed by atoms with Gasteiger partial charge in [-0.2, -0.15) is 0 Å². The molecule has 0 aromatic heterocycles. The molecule has 0 aromatic rings. The third-order valence-corrected chi connectivity index (χ3v) is 5.58. The van der Waals surface area contributed by atoms with E-state index in [0.29, 0.717) is 24.1 Å². The van der Waals surface area contributed by atoms with Gasteiger partial charge in [-0.25, -0.2) is 8.42 Å². The Labute approximate surface area is 106 Å². The predicted octanol–water partition coefficient (Wildman–Crippen LogP) is 2.37. The summed E-state index contributed by atoms with van der Waals surface area (Å²) in [6.45, 7) is 4.79. The normalized spacial score (nSPS) is 26.0. The molecule has 1 rings (SSSR count). The van der Waals surface area contributed by atoms with Crippen LogP contribution in [-0.2, 0) is 9.84 Å². The van der Waals surface area contributed by atoms with E-state index in [4.69, 9.17) is 0 Å². The Hall–Kier alpha value is -0.0900. The quantitative estimate of drug-likeness (QED) is 0.765. The molecule has 4 heteroatoms. The number of nitrogens with one attached hydrogen (secondary N) is 1. The van der Waals surface area contributed by atoms with E-state index in [1.54, 1.807) is 0 Å². The SMILES string of the molecule is CCCS(=O)(=O)CCNC1CCCC(CC)C1. The zero-order valence-corrected chi connectivity index (χ0v) is 12.1. The van der Waals surface area contributed by atoms with E-state index < -0.39 is 9.84 Å². The third kappa shape index (κ3) is 5.87. The van der Waals surface area contributed by atoms with Crippen molar-refractivity contribution in [2.45, 2.75) is 58.4 Å². The highest BCUT2D eigenvalue weighted by Gasteiger charge is 2.20. The zero-order chi connectivity index (χ0) is 12.7. The lowest BCUT2D eigenvalue weighted by Crippen LogP contribution is -2.37. The molecule has 0 radical (unpaired) electrons. The minimum Gasteiger partial charge on any atom is -0.313 e. The molecule has 0 amide bonds. The van der Waals surface area contributed by atoms with Gasteiger partial charge in [0.15, 0.2) is 9.84 Å². The summed E-state index contributed by atoms with van der Waals surface area (Å²) in [5, 5.41) is 3.42. The van der Waals surface area contributed by atoms with Gasteiger partial charge in [0, 0.05) is 18.3 Å². The topological polar surface area (TPSA) is 46.2 Å². The van der Waals surface area contributed by atoms with Crippen LogP contribution in [-0.4, -0.2) is 32.5 Å². The van der Waals surface area contributed by atoms with Crippen LogP contribution in [0.25, 0.3) is 0 Å². The molecule has 2 unspecified atom stereocenters. The fourth-order valence-electron chi connectivity index (χ4n) is 2.68. The highest BCUT2D eigenvalue weighted by molar-refractivity contribution is 7.91. The predicted molar refractivity (Wildman–Crippen MR) is 73.0 cm³/mol. The van der Waals surface area contributed by atoms with Crippen molar-refractivity contribution in [2.24, 2.45) is 5.92 Å². The lowest BCUT2D eigenvalue weighted by atomic mass is 9.84. The van der Waals surface area contributed by atoms with Crippen LogP contribution in [0, 0.1) is 5.92 Å². The van der Waals surface area contributed by atoms with Crippen molar-refractivity contribution in [1.82, 2.24) is 5.32 Å². The maximum absolute atomic E-state index is 11.6. The fourth-order valence-corrected chi connectivity index (χ4v) is 3.93. The van der Waals surface area contributed by atoms with Gasteiger partial charge in [0.05, 0.1) is 5.75 Å². The van der Waals surface area contributed by atoms with E-state index in [1.165, 1.54) is 32.1 Å². The largest absolute Gasteiger partial charge is 0.313 e. The molecule has 0 bridgehead atoms. The molecule has 0 aromatic carbocycles. The molecule has 1 fully saturated rings. The molecule has 2 atom stereocenters. The molecule has 0 saturated heterocycles. The highest BCUT2D eigenvalue weighted by atomic mass is 32.2. The van der Waals surface area contributed by atoms with Gasteiger partial charge in [0.1, 0.15) is 0 Å². The summed E-state index contributed by atoms with van der Waals surface area (Å²) < 4.78 is 23.1. The van der Waals surface area contributed by atoms with Crippen molar-refractivity contribution in [3.05, 3.63) is 0 Å². The van der Waals surface area contributed by atoms with E-state index in [-0.39, 0.29) is 0 Å². The Morgan fingerprint density at radius 3 is 2.59 bits per heavy atom. The molecule has 1 saturated carbocycles. The molecular weight excluding hydrogens is 234 g/mol. The number of rotatable bonds is 7. The summed E-state index contributed by atoms with van der Waals surface area (Å²) in [7, 11) is -2.81. The zero-order valence-electron chi connectivity index (χ0n) is 11.2. The first-order valence-corrected chi connectivity index (χ1v) is 8.83. The van der Waals surface area contributed by atoms with Gasteiger partial charge in [-0.05, 0) is 25.2 Å². The van der Waals surface area contributed by atoms with Gasteiger partial charge in [-0.1, -0.05) is 33.1 Å². The van der Waals surface area contributed by atoms with Crippen LogP contribution in [0.2, 0.25) is 0 Å². The Balaban J connectivity index is 2.22. The lowest BCUT2D eigenvalue weighted by molar-refractivity contribution is 0.282. The van der Waals surface area contributed by atoms with Crippen LogP contribution in [0.3, 0.4) is 0 Å². The van der Waals surface area contributed by atoms with Gasteiger partial charge in [-0.15, -0.1) is 0 Å². The first-order valence-electron chi connectivity index (χ1n) is 7.01. The van der Waals surface area contributed by atoms with E-state index in [2.05, 4.69) is 12.2 Å². The van der Waals surface area contributed by atoms with E-state index in [9.17, 15) is 8.42 Å². The van der Waals surface area contributed by atoms with Crippen molar-refractivity contribution in [2.75, 3.05) is 18.1 Å². The molecule has 1 aliphatic carbocycles. The molecular formula is C13H27NO2S. The summed E-state index contributed by atoms with van der Waals surface area (Å²) in [6, 6.07) is 0.547. The first kappa shape index (κ1) is 15.0. The van der Waals surface area contributed by atoms with Gasteiger partial charge in [-0.3, -0.25) is 0 Å². The van der Waals surface area contributed by atoms with Crippen LogP contribution in [0.5, 0.6) is 0 Å². The average Bonchev–Trinajstić information content (AvgIpc) is 2.29. The summed E-state index contributed by atoms with van der Waals surface area (Å²) in [5.74, 6) is 1.47. The van der Waals surface area contributed by atoms with Crippen molar-refractivity contribution < 1.29 is 8.42 Å². The molecule has 0 heterocycles. The van der Waals surface area contributed by atoms with Crippen molar-refractivity contribution in [3.63, 3.8) is 0 Å². The Kier molecular flexibility index (Phi) is 6.49. The Morgan fingerprint density at radius 2 is 1.94 bits per heavy atom. The third-order valence-electron chi connectivity index (χ3n) is 3.72. The number of hydrogen-bond donors (Lipinski definition) is 1. The molecule has 3 nitrogen and oxygen atoms in total. The van der Waals surface area contributed by atoms with Crippen LogP contribution in [0.1, 0.15) is 52.4 Å². The van der Waals surface area contributed by atoms with Gasteiger partial charge < -0.3 is 5.32 Å². The summed E-state index contributed by atoms with van der Waals surface area (Å²) in [6.07, 6.45) is 7.06. The van der Waals surface area contributed by atoms with E-state index >= 15 is 0 Å². The summed E-state index contributed by atoms with van der Waals surface area (Å²) >= 11 is 0. The van der Waals surface area contributed by atoms with Gasteiger partial charge >= 0.3 is 0 Å². The molecule has 0 spiro atoms. The minimum atomic E-state index is -2.81. The second kappa shape index (κ2) is 7.37. The molecule has 17 heavy (non-hydrogen) atoms. The summed E-state index contributed by atoms with van der Waals surface area (Å²) in [5.41, 5.74) is 0. The molecule has 0 aliphatic heterocycles. The minimum absolute atomic E-state index is 0.300. The van der Waals surface area contributed by atoms with Crippen LogP contribution < -0.4 is 5.32 Å². The van der Waals surface area contributed by atoms with E-state index in [0.717, 1.165) is 12.3 Å². The van der Waals surface area contributed by atoms with Crippen LogP contribution in [0.15, 0.2) is 0 Å². The van der Waals surface area contributed by atoms with Crippen molar-refractivity contribution >= 4 is 9.84 Å². The Bertz CT molecular complexity index is 301. The van der Waals surface area contributed by atoms with Gasteiger partial charge in [0.25, 0.3) is 0 Å². The average molecular weight is 261 g/mol. The lowest BCUT2D eigenvalue weighted by Gasteiger charge is -2.29. The standard InChI is InChI=1S/C13H27NO2S/c1-3-9-17(15,16)10-8-14-13-7-5-6-12(4-2)11-13/h12-14H,3-11H2,1-2H3. The summed E-state index contributed by atoms with van der Waals surface area (Å²) in [4.78, 5) is 0. The first-order chi connectivity index (χ1) is 8.07. The maximum Gasteiger partial charge on any atom is 0.151 e. The van der Waals surface area contributed by atoms with Crippen molar-refractivity contribution in [1.29, 1.82) is 0 Å². The molecule has 102 valence electrons. The Morgan fingerprint density at radius 1 is 1.18 bits per heavy atom. The second-order valence-electron chi connectivity index (χ2n) is 5.24. The monoisotopic (exact) mass is 261 g/mol. The fraction of sp³-hybridized carbons (Fsp3) is 1.00. The molecule has 1 aliphatic rings. The van der Waals surface area contributed by atoms with E-state index in [1.807, 2.05) is 6.92 Å². The van der Waals surface area contributed by atoms with Crippen molar-refractivity contribution in [3.8, 4) is 0 Å². The highest BCUT2D eigenvalue weighted by Crippen LogP contribution is 2.26. The smallest absolute Gasteiger partial charge is 0.151 e. The number of sulfone groups is 1. The number of hydrogen-bond acceptors (Lipinski definition) is 3. The second-order valence-corrected chi connectivity index (χ2v) is 7.55. The van der Waals surface area contributed by atoms with Crippen LogP contribution in [0.4, 0.5) is 0 Å². The maximum atomic E-state index is 11.6.